The van der Waals surface area contributed by atoms with Gasteiger partial charge >= 0.3 is 6.09 Å². The molecule has 0 bridgehead atoms. The second-order valence-corrected chi connectivity index (χ2v) is 9.27. The van der Waals surface area contributed by atoms with Crippen molar-refractivity contribution in [1.82, 2.24) is 16.3 Å². The van der Waals surface area contributed by atoms with Crippen LogP contribution in [0.3, 0.4) is 0 Å². The number of hydrogen-bond acceptors (Lipinski definition) is 11. The molecule has 41 heavy (non-hydrogen) atoms. The number of hydrogen-bond donors (Lipinski definition) is 4. The second-order valence-electron chi connectivity index (χ2n) is 9.27. The van der Waals surface area contributed by atoms with E-state index in [2.05, 4.69) is 10.9 Å². The molecule has 224 valence electrons. The Kier molecular flexibility index (Phi) is 13.6. The third kappa shape index (κ3) is 12.7. The summed E-state index contributed by atoms with van der Waals surface area (Å²) < 4.78 is 25.7. The topological polar surface area (TPSA) is 194 Å². The average Bonchev–Trinajstić information content (AvgIpc) is 2.92. The Balaban J connectivity index is 0.000000435. The molecule has 0 aliphatic carbocycles. The van der Waals surface area contributed by atoms with E-state index in [0.29, 0.717) is 22.8 Å². The van der Waals surface area contributed by atoms with E-state index in [1.807, 2.05) is 5.43 Å². The summed E-state index contributed by atoms with van der Waals surface area (Å²) in [7, 11) is 2.92. The molecule has 14 nitrogen and oxygen atoms in total. The number of ether oxygens (including phenoxy) is 5. The molecule has 0 unspecified atom stereocenters. The van der Waals surface area contributed by atoms with Crippen LogP contribution in [0.4, 0.5) is 4.79 Å². The molecule has 0 aliphatic rings. The number of ketones is 2. The normalized spacial score (nSPS) is 10.1. The summed E-state index contributed by atoms with van der Waals surface area (Å²) in [6.45, 7) is 7.68. The van der Waals surface area contributed by atoms with Gasteiger partial charge < -0.3 is 23.7 Å². The molecule has 3 amide bonds. The van der Waals surface area contributed by atoms with Crippen LogP contribution in [0.2, 0.25) is 0 Å². The highest BCUT2D eigenvalue weighted by molar-refractivity contribution is 5.96. The van der Waals surface area contributed by atoms with Gasteiger partial charge in [-0.25, -0.2) is 16.1 Å². The van der Waals surface area contributed by atoms with Crippen LogP contribution in [0.1, 0.15) is 55.3 Å². The number of Topliss-reactive ketones (excluding diaryl/α,β-unsaturated/α-hetero) is 2. The molecule has 2 aromatic carbocycles. The maximum Gasteiger partial charge on any atom is 0.426 e. The van der Waals surface area contributed by atoms with Gasteiger partial charge in [-0.3, -0.25) is 30.0 Å². The van der Waals surface area contributed by atoms with E-state index < -0.39 is 23.5 Å². The van der Waals surface area contributed by atoms with Gasteiger partial charge in [-0.15, -0.1) is 0 Å². The van der Waals surface area contributed by atoms with Crippen LogP contribution < -0.4 is 41.1 Å². The zero-order chi connectivity index (χ0) is 31.2. The fourth-order valence-corrected chi connectivity index (χ4v) is 2.79. The number of nitrogen functional groups attached to an aromatic ring is 1. The first kappa shape index (κ1) is 34.2. The average molecular weight is 577 g/mol. The van der Waals surface area contributed by atoms with Crippen LogP contribution in [-0.4, -0.2) is 62.5 Å². The number of benzene rings is 2. The van der Waals surface area contributed by atoms with Crippen molar-refractivity contribution in [2.75, 3.05) is 27.4 Å². The van der Waals surface area contributed by atoms with E-state index in [9.17, 15) is 24.0 Å². The van der Waals surface area contributed by atoms with Crippen molar-refractivity contribution >= 4 is 29.5 Å². The molecule has 14 heteroatoms. The zero-order valence-electron chi connectivity index (χ0n) is 24.0. The lowest BCUT2D eigenvalue weighted by atomic mass is 10.2. The molecular formula is C27H36N4O10. The monoisotopic (exact) mass is 576 g/mol. The number of carbonyl (C=O) groups excluding carboxylic acids is 5. The number of nitrogens with one attached hydrogen (secondary N) is 3. The third-order valence-electron chi connectivity index (χ3n) is 4.52. The Morgan fingerprint density at radius 3 is 1.51 bits per heavy atom. The summed E-state index contributed by atoms with van der Waals surface area (Å²) in [5.74, 6) is 5.11. The molecule has 0 heterocycles. The first-order valence-electron chi connectivity index (χ1n) is 12.1. The fourth-order valence-electron chi connectivity index (χ4n) is 2.79. The molecule has 0 saturated carbocycles. The van der Waals surface area contributed by atoms with Crippen LogP contribution in [0.5, 0.6) is 23.0 Å². The van der Waals surface area contributed by atoms with Gasteiger partial charge in [-0.1, -0.05) is 0 Å². The van der Waals surface area contributed by atoms with Crippen LogP contribution in [-0.2, 0) is 14.3 Å². The summed E-state index contributed by atoms with van der Waals surface area (Å²) in [5, 5.41) is 0. The summed E-state index contributed by atoms with van der Waals surface area (Å²) in [6.07, 6.45) is -0.780. The minimum Gasteiger partial charge on any atom is -0.493 e. The Morgan fingerprint density at radius 2 is 1.15 bits per heavy atom. The Bertz CT molecular complexity index is 1240. The summed E-state index contributed by atoms with van der Waals surface area (Å²) in [5.41, 5.74) is 6.24. The number of nitrogens with two attached hydrogens (primary N) is 1. The predicted octanol–water partition coefficient (Wildman–Crippen LogP) is 2.10. The van der Waals surface area contributed by atoms with Gasteiger partial charge in [-0.2, -0.15) is 0 Å². The van der Waals surface area contributed by atoms with Crippen molar-refractivity contribution in [3.63, 3.8) is 0 Å². The minimum absolute atomic E-state index is 0.0793. The minimum atomic E-state index is -0.780. The molecule has 2 aromatic rings. The molecule has 0 aliphatic heterocycles. The SMILES string of the molecule is COc1ccc(C(=O)NN)cc1OCC(C)=O.COc1ccc(C(=O)NNC(=O)OC(C)(C)C)cc1OCC(C)=O. The van der Waals surface area contributed by atoms with Gasteiger partial charge in [0.25, 0.3) is 11.8 Å². The van der Waals surface area contributed by atoms with E-state index in [-0.39, 0.29) is 36.1 Å². The van der Waals surface area contributed by atoms with Crippen molar-refractivity contribution in [3.05, 3.63) is 47.5 Å². The third-order valence-corrected chi connectivity index (χ3v) is 4.52. The van der Waals surface area contributed by atoms with Crippen LogP contribution in [0, 0.1) is 0 Å². The summed E-state index contributed by atoms with van der Waals surface area (Å²) in [4.78, 5) is 56.7. The molecule has 0 radical (unpaired) electrons. The van der Waals surface area contributed by atoms with Crippen molar-refractivity contribution in [1.29, 1.82) is 0 Å². The number of methoxy groups -OCH3 is 2. The van der Waals surface area contributed by atoms with Gasteiger partial charge in [-0.05, 0) is 71.0 Å². The smallest absolute Gasteiger partial charge is 0.426 e. The Hall–Kier alpha value is -4.85. The second kappa shape index (κ2) is 16.3. The van der Waals surface area contributed by atoms with E-state index in [4.69, 9.17) is 29.5 Å². The standard InChI is InChI=1S/C16H22N2O6.C11H14N2O4/c1-10(19)9-23-13-8-11(6-7-12(13)22-5)14(20)17-18-15(21)24-16(2,3)4;1-7(14)6-17-10-5-8(11(15)13-12)3-4-9(10)16-2/h6-8H,9H2,1-5H3,(H,17,20)(H,18,21);3-5H,6,12H2,1-2H3,(H,13,15). The molecule has 0 saturated heterocycles. The van der Waals surface area contributed by atoms with E-state index >= 15 is 0 Å². The van der Waals surface area contributed by atoms with Crippen LogP contribution >= 0.6 is 0 Å². The fraction of sp³-hybridized carbons (Fsp3) is 0.370. The quantitative estimate of drug-likeness (QED) is 0.184. The lowest BCUT2D eigenvalue weighted by molar-refractivity contribution is -0.119. The first-order valence-corrected chi connectivity index (χ1v) is 12.1. The van der Waals surface area contributed by atoms with Crippen molar-refractivity contribution in [3.8, 4) is 23.0 Å². The van der Waals surface area contributed by atoms with Crippen LogP contribution in [0.25, 0.3) is 0 Å². The van der Waals surface area contributed by atoms with E-state index in [1.54, 1.807) is 32.9 Å². The lowest BCUT2D eigenvalue weighted by Gasteiger charge is -2.19. The van der Waals surface area contributed by atoms with Gasteiger partial charge in [0.1, 0.15) is 18.8 Å². The lowest BCUT2D eigenvalue weighted by Crippen LogP contribution is -2.44. The number of carbonyl (C=O) groups is 5. The maximum absolute atomic E-state index is 12.1. The Morgan fingerprint density at radius 1 is 0.707 bits per heavy atom. The van der Waals surface area contributed by atoms with Gasteiger partial charge in [0.05, 0.1) is 14.2 Å². The summed E-state index contributed by atoms with van der Waals surface area (Å²) >= 11 is 0. The van der Waals surface area contributed by atoms with Crippen molar-refractivity contribution < 1.29 is 47.7 Å². The molecule has 5 N–H and O–H groups in total. The first-order chi connectivity index (χ1) is 19.2. The molecule has 0 atom stereocenters. The molecular weight excluding hydrogens is 540 g/mol. The molecule has 0 aromatic heterocycles. The van der Waals surface area contributed by atoms with Crippen molar-refractivity contribution in [2.24, 2.45) is 5.84 Å². The highest BCUT2D eigenvalue weighted by Gasteiger charge is 2.18. The van der Waals surface area contributed by atoms with E-state index in [1.165, 1.54) is 52.3 Å². The Labute approximate surface area is 237 Å². The number of hydrazine groups is 2. The van der Waals surface area contributed by atoms with Crippen molar-refractivity contribution in [2.45, 2.75) is 40.2 Å². The van der Waals surface area contributed by atoms with E-state index in [0.717, 1.165) is 0 Å². The summed E-state index contributed by atoms with van der Waals surface area (Å²) in [6, 6.07) is 9.00. The zero-order valence-corrected chi connectivity index (χ0v) is 24.0. The number of amides is 3. The van der Waals surface area contributed by atoms with Gasteiger partial charge in [0, 0.05) is 11.1 Å². The molecule has 0 fully saturated rings. The van der Waals surface area contributed by atoms with Gasteiger partial charge in [0.15, 0.2) is 34.6 Å². The largest absolute Gasteiger partial charge is 0.493 e. The highest BCUT2D eigenvalue weighted by atomic mass is 16.6. The molecule has 0 spiro atoms. The molecule has 2 rings (SSSR count). The maximum atomic E-state index is 12.1. The number of rotatable bonds is 10. The van der Waals surface area contributed by atoms with Gasteiger partial charge in [0.2, 0.25) is 0 Å². The highest BCUT2D eigenvalue weighted by Crippen LogP contribution is 2.29. The predicted molar refractivity (Wildman–Crippen MR) is 147 cm³/mol. The van der Waals surface area contributed by atoms with Crippen LogP contribution in [0.15, 0.2) is 36.4 Å².